The summed E-state index contributed by atoms with van der Waals surface area (Å²) in [5, 5.41) is 15.4. The third-order valence-electron chi connectivity index (χ3n) is 4.21. The molecule has 8 nitrogen and oxygen atoms in total. The molecule has 2 aromatic heterocycles. The van der Waals surface area contributed by atoms with E-state index in [4.69, 9.17) is 9.15 Å². The van der Waals surface area contributed by atoms with Crippen molar-refractivity contribution >= 4 is 23.2 Å². The fourth-order valence-corrected chi connectivity index (χ4v) is 3.65. The van der Waals surface area contributed by atoms with Crippen LogP contribution in [0.15, 0.2) is 34.9 Å². The van der Waals surface area contributed by atoms with Crippen molar-refractivity contribution in [3.63, 3.8) is 0 Å². The van der Waals surface area contributed by atoms with Crippen LogP contribution >= 0.6 is 11.3 Å². The van der Waals surface area contributed by atoms with Crippen LogP contribution in [0.1, 0.15) is 21.6 Å². The van der Waals surface area contributed by atoms with Gasteiger partial charge in [-0.2, -0.15) is 0 Å². The first-order valence-corrected chi connectivity index (χ1v) is 9.61. The molecule has 0 radical (unpaired) electrons. The standard InChI is InChI=1S/C18H23N3O5S/c22-16(14-2-1-9-26-14)15-4-3-13(27-15)12-20-18(24)17(23)19-5-6-21-7-10-25-11-8-21/h1-4,9,16,22H,5-8,10-12H2,(H,19,23)(H,20,24). The summed E-state index contributed by atoms with van der Waals surface area (Å²) < 4.78 is 10.5. The van der Waals surface area contributed by atoms with Crippen LogP contribution in [0, 0.1) is 0 Å². The Morgan fingerprint density at radius 3 is 2.70 bits per heavy atom. The third-order valence-corrected chi connectivity index (χ3v) is 5.35. The highest BCUT2D eigenvalue weighted by Gasteiger charge is 2.17. The van der Waals surface area contributed by atoms with Gasteiger partial charge in [0.2, 0.25) is 0 Å². The fraction of sp³-hybridized carbons (Fsp3) is 0.444. The molecule has 1 fully saturated rings. The van der Waals surface area contributed by atoms with Crippen LogP contribution in [-0.4, -0.2) is 61.2 Å². The minimum atomic E-state index is -0.835. The molecule has 146 valence electrons. The molecule has 0 spiro atoms. The van der Waals surface area contributed by atoms with Gasteiger partial charge in [-0.3, -0.25) is 14.5 Å². The van der Waals surface area contributed by atoms with Gasteiger partial charge in [-0.1, -0.05) is 0 Å². The topological polar surface area (TPSA) is 104 Å². The van der Waals surface area contributed by atoms with E-state index in [9.17, 15) is 14.7 Å². The second-order valence-electron chi connectivity index (χ2n) is 6.11. The normalized spacial score (nSPS) is 16.0. The van der Waals surface area contributed by atoms with Crippen molar-refractivity contribution in [1.82, 2.24) is 15.5 Å². The van der Waals surface area contributed by atoms with Gasteiger partial charge in [0, 0.05) is 35.9 Å². The summed E-state index contributed by atoms with van der Waals surface area (Å²) in [6.45, 7) is 4.42. The molecule has 0 saturated carbocycles. The molecule has 3 heterocycles. The van der Waals surface area contributed by atoms with Crippen LogP contribution in [0.25, 0.3) is 0 Å². The zero-order valence-electron chi connectivity index (χ0n) is 14.8. The molecule has 0 aliphatic carbocycles. The lowest BCUT2D eigenvalue weighted by molar-refractivity contribution is -0.139. The Morgan fingerprint density at radius 1 is 1.19 bits per heavy atom. The number of carbonyl (C=O) groups is 2. The lowest BCUT2D eigenvalue weighted by Gasteiger charge is -2.26. The predicted octanol–water partition coefficient (Wildman–Crippen LogP) is 0.487. The van der Waals surface area contributed by atoms with E-state index in [-0.39, 0.29) is 6.54 Å². The van der Waals surface area contributed by atoms with Crippen molar-refractivity contribution in [2.24, 2.45) is 0 Å². The van der Waals surface area contributed by atoms with Crippen molar-refractivity contribution in [2.45, 2.75) is 12.6 Å². The van der Waals surface area contributed by atoms with E-state index in [1.54, 1.807) is 18.2 Å². The minimum Gasteiger partial charge on any atom is -0.466 e. The Labute approximate surface area is 161 Å². The highest BCUT2D eigenvalue weighted by atomic mass is 32.1. The summed E-state index contributed by atoms with van der Waals surface area (Å²) in [5.41, 5.74) is 0. The summed E-state index contributed by atoms with van der Waals surface area (Å²) in [6.07, 6.45) is 0.670. The number of nitrogens with one attached hydrogen (secondary N) is 2. The number of hydrogen-bond donors (Lipinski definition) is 3. The maximum atomic E-state index is 11.9. The van der Waals surface area contributed by atoms with Gasteiger partial charge in [-0.05, 0) is 24.3 Å². The highest BCUT2D eigenvalue weighted by Crippen LogP contribution is 2.28. The molecule has 3 rings (SSSR count). The first-order valence-electron chi connectivity index (χ1n) is 8.79. The molecule has 1 unspecified atom stereocenters. The van der Waals surface area contributed by atoms with Crippen LogP contribution in [0.3, 0.4) is 0 Å². The molecular formula is C18H23N3O5S. The number of furan rings is 1. The minimum absolute atomic E-state index is 0.227. The number of hydrogen-bond acceptors (Lipinski definition) is 7. The number of nitrogens with zero attached hydrogens (tertiary/aromatic N) is 1. The first kappa shape index (κ1) is 19.6. The Kier molecular flexibility index (Phi) is 6.99. The number of aliphatic hydroxyl groups is 1. The van der Waals surface area contributed by atoms with Gasteiger partial charge in [-0.15, -0.1) is 11.3 Å². The van der Waals surface area contributed by atoms with Gasteiger partial charge in [0.15, 0.2) is 0 Å². The number of ether oxygens (including phenoxy) is 1. The average molecular weight is 393 g/mol. The van der Waals surface area contributed by atoms with E-state index in [1.807, 2.05) is 6.07 Å². The van der Waals surface area contributed by atoms with Crippen LogP contribution in [-0.2, 0) is 20.9 Å². The second kappa shape index (κ2) is 9.65. The Bertz CT molecular complexity index is 740. The maximum absolute atomic E-state index is 11.9. The van der Waals surface area contributed by atoms with Crippen molar-refractivity contribution in [1.29, 1.82) is 0 Å². The molecular weight excluding hydrogens is 370 g/mol. The first-order chi connectivity index (χ1) is 13.1. The Morgan fingerprint density at radius 2 is 1.96 bits per heavy atom. The van der Waals surface area contributed by atoms with Crippen molar-refractivity contribution in [2.75, 3.05) is 39.4 Å². The fourth-order valence-electron chi connectivity index (χ4n) is 2.70. The van der Waals surface area contributed by atoms with Crippen molar-refractivity contribution in [3.05, 3.63) is 46.0 Å². The number of morpholine rings is 1. The molecule has 2 aromatic rings. The zero-order chi connectivity index (χ0) is 19.1. The van der Waals surface area contributed by atoms with E-state index in [0.717, 1.165) is 18.0 Å². The average Bonchev–Trinajstić information content (AvgIpc) is 3.38. The van der Waals surface area contributed by atoms with E-state index >= 15 is 0 Å². The lowest BCUT2D eigenvalue weighted by atomic mass is 10.2. The van der Waals surface area contributed by atoms with Gasteiger partial charge in [0.25, 0.3) is 0 Å². The number of carbonyl (C=O) groups excluding carboxylic acids is 2. The summed E-state index contributed by atoms with van der Waals surface area (Å²) >= 11 is 1.35. The van der Waals surface area contributed by atoms with Crippen molar-refractivity contribution < 1.29 is 23.8 Å². The molecule has 0 aromatic carbocycles. The summed E-state index contributed by atoms with van der Waals surface area (Å²) in [5.74, 6) is -0.846. The molecule has 9 heteroatoms. The van der Waals surface area contributed by atoms with E-state index in [2.05, 4.69) is 15.5 Å². The molecule has 27 heavy (non-hydrogen) atoms. The molecule has 3 N–H and O–H groups in total. The number of thiophene rings is 1. The van der Waals surface area contributed by atoms with E-state index in [0.29, 0.717) is 36.9 Å². The quantitative estimate of drug-likeness (QED) is 0.592. The summed E-state index contributed by atoms with van der Waals surface area (Å²) in [4.78, 5) is 27.5. The second-order valence-corrected chi connectivity index (χ2v) is 7.31. The molecule has 1 aliphatic heterocycles. The van der Waals surface area contributed by atoms with Gasteiger partial charge in [0.05, 0.1) is 26.0 Å². The molecule has 1 aliphatic rings. The highest BCUT2D eigenvalue weighted by molar-refractivity contribution is 7.12. The molecule has 0 bridgehead atoms. The van der Waals surface area contributed by atoms with E-state index in [1.165, 1.54) is 17.6 Å². The number of amides is 2. The van der Waals surface area contributed by atoms with Crippen molar-refractivity contribution in [3.8, 4) is 0 Å². The summed E-state index contributed by atoms with van der Waals surface area (Å²) in [6, 6.07) is 7.00. The number of aliphatic hydroxyl groups excluding tert-OH is 1. The lowest BCUT2D eigenvalue weighted by Crippen LogP contribution is -2.44. The molecule has 2 amide bonds. The molecule has 1 saturated heterocycles. The van der Waals surface area contributed by atoms with Gasteiger partial charge < -0.3 is 24.9 Å². The summed E-state index contributed by atoms with van der Waals surface area (Å²) in [7, 11) is 0. The Balaban J connectivity index is 1.39. The largest absolute Gasteiger partial charge is 0.466 e. The third kappa shape index (κ3) is 5.64. The van der Waals surface area contributed by atoms with Crippen LogP contribution < -0.4 is 10.6 Å². The zero-order valence-corrected chi connectivity index (χ0v) is 15.7. The van der Waals surface area contributed by atoms with Gasteiger partial charge in [0.1, 0.15) is 11.9 Å². The van der Waals surface area contributed by atoms with Crippen LogP contribution in [0.4, 0.5) is 0 Å². The monoisotopic (exact) mass is 393 g/mol. The van der Waals surface area contributed by atoms with Crippen LogP contribution in [0.2, 0.25) is 0 Å². The molecule has 1 atom stereocenters. The number of rotatable bonds is 7. The van der Waals surface area contributed by atoms with Gasteiger partial charge in [-0.25, -0.2) is 0 Å². The SMILES string of the molecule is O=C(NCCN1CCOCC1)C(=O)NCc1ccc(C(O)c2ccco2)s1. The van der Waals surface area contributed by atoms with Crippen LogP contribution in [0.5, 0.6) is 0 Å². The van der Waals surface area contributed by atoms with E-state index < -0.39 is 17.9 Å². The smallest absolute Gasteiger partial charge is 0.309 e. The predicted molar refractivity (Wildman–Crippen MR) is 99.2 cm³/mol. The van der Waals surface area contributed by atoms with Gasteiger partial charge >= 0.3 is 11.8 Å². The maximum Gasteiger partial charge on any atom is 0.309 e. The Hall–Kier alpha value is -2.20.